The van der Waals surface area contributed by atoms with E-state index < -0.39 is 96.1 Å². The van der Waals surface area contributed by atoms with Crippen LogP contribution in [0.2, 0.25) is 0 Å². The SMILES string of the molecule is [B]c1ccc(C[C@H]2OC(=O)[C@H](CC(C)C)N(C)C(=O)[C@@H](C)OC(=O)[C@H](CC(C)C)N(C)C(=O)[C@@H](C)OC(=O)[C@H](CC(C)C)N(C)C(=O)[C@@H](C)OC(=O)[C@H](CC(C)C)N(C)C2=O)cc1. The number of ether oxygens (including phenoxy) is 4. The Balaban J connectivity index is 2.81. The molecule has 0 spiro atoms. The molecule has 1 heterocycles. The molecule has 17 heteroatoms. The highest BCUT2D eigenvalue weighted by Gasteiger charge is 2.42. The molecule has 1 aromatic rings. The number of benzene rings is 1. The van der Waals surface area contributed by atoms with Crippen LogP contribution in [0.3, 0.4) is 0 Å². The molecule has 1 aliphatic rings. The molecule has 8 atom stereocenters. The van der Waals surface area contributed by atoms with Crippen molar-refractivity contribution in [1.82, 2.24) is 19.6 Å². The molecule has 0 unspecified atom stereocenters. The second kappa shape index (κ2) is 24.2. The first kappa shape index (κ1) is 54.2. The average Bonchev–Trinajstić information content (AvgIpc) is 3.20. The number of hydrogen-bond acceptors (Lipinski definition) is 12. The normalized spacial score (nSPS) is 26.3. The van der Waals surface area contributed by atoms with Crippen LogP contribution in [0.1, 0.15) is 107 Å². The maximum atomic E-state index is 14.6. The molecule has 1 fully saturated rings. The van der Waals surface area contributed by atoms with E-state index in [1.165, 1.54) is 49.0 Å². The van der Waals surface area contributed by atoms with E-state index in [1.807, 2.05) is 55.4 Å². The maximum Gasteiger partial charge on any atom is 0.329 e. The molecule has 2 rings (SSSR count). The zero-order valence-corrected chi connectivity index (χ0v) is 40.0. The minimum absolute atomic E-state index is 0.102. The van der Waals surface area contributed by atoms with E-state index in [4.69, 9.17) is 26.8 Å². The summed E-state index contributed by atoms with van der Waals surface area (Å²) in [7, 11) is 11.4. The van der Waals surface area contributed by atoms with Crippen LogP contribution in [-0.2, 0) is 63.7 Å². The standard InChI is InChI=1S/C46H71BN4O12/c1-25(2)20-34-43(56)60-29(9)39(52)48(12)35(21-26(3)4)44(57)61-31(11)41(54)50(14)37(23-28(7)8)46(59)63-38(24-32-16-18-33(47)19-17-32)42(55)51(15)36(22-27(5)6)45(58)62-30(10)40(53)49(34)13/h16-19,25-31,34-38H,20-24H2,1-15H3/t29-,30-,31-,34+,35+,36+,37+,38-/m1/s1. The maximum absolute atomic E-state index is 14.6. The van der Waals surface area contributed by atoms with Crippen molar-refractivity contribution in [3.63, 3.8) is 0 Å². The van der Waals surface area contributed by atoms with Crippen molar-refractivity contribution in [2.24, 2.45) is 23.7 Å². The second-order valence-electron chi connectivity index (χ2n) is 18.5. The van der Waals surface area contributed by atoms with E-state index in [0.717, 1.165) is 19.6 Å². The third kappa shape index (κ3) is 15.7. The van der Waals surface area contributed by atoms with Gasteiger partial charge < -0.3 is 38.5 Å². The van der Waals surface area contributed by atoms with Crippen LogP contribution in [0.4, 0.5) is 0 Å². The van der Waals surface area contributed by atoms with Crippen molar-refractivity contribution in [1.29, 1.82) is 0 Å². The first-order valence-electron chi connectivity index (χ1n) is 21.9. The van der Waals surface area contributed by atoms with Gasteiger partial charge in [-0.1, -0.05) is 85.1 Å². The lowest BCUT2D eigenvalue weighted by molar-refractivity contribution is -0.176. The van der Waals surface area contributed by atoms with Gasteiger partial charge in [-0.25, -0.2) is 19.2 Å². The molecule has 0 saturated carbocycles. The minimum atomic E-state index is -1.51. The molecular formula is C46H71BN4O12. The number of hydrogen-bond donors (Lipinski definition) is 0. The summed E-state index contributed by atoms with van der Waals surface area (Å²) in [5.41, 5.74) is 1.04. The quantitative estimate of drug-likeness (QED) is 0.190. The fourth-order valence-corrected chi connectivity index (χ4v) is 7.31. The van der Waals surface area contributed by atoms with Crippen molar-refractivity contribution in [3.05, 3.63) is 29.8 Å². The summed E-state index contributed by atoms with van der Waals surface area (Å²) in [4.78, 5) is 117. The fourth-order valence-electron chi connectivity index (χ4n) is 7.31. The van der Waals surface area contributed by atoms with Crippen molar-refractivity contribution in [3.8, 4) is 0 Å². The number of carbonyl (C=O) groups is 8. The van der Waals surface area contributed by atoms with Gasteiger partial charge in [0.1, 0.15) is 32.0 Å². The molecule has 1 aromatic carbocycles. The van der Waals surface area contributed by atoms with Gasteiger partial charge in [0.15, 0.2) is 24.4 Å². The molecule has 1 aliphatic heterocycles. The fraction of sp³-hybridized carbons (Fsp3) is 0.696. The zero-order valence-electron chi connectivity index (χ0n) is 40.0. The van der Waals surface area contributed by atoms with Crippen LogP contribution >= 0.6 is 0 Å². The smallest absolute Gasteiger partial charge is 0.329 e. The summed E-state index contributed by atoms with van der Waals surface area (Å²) >= 11 is 0. The Morgan fingerprint density at radius 1 is 0.444 bits per heavy atom. The summed E-state index contributed by atoms with van der Waals surface area (Å²) in [6.07, 6.45) is -5.46. The van der Waals surface area contributed by atoms with Crippen molar-refractivity contribution in [2.75, 3.05) is 28.2 Å². The third-order valence-corrected chi connectivity index (χ3v) is 11.0. The summed E-state index contributed by atoms with van der Waals surface area (Å²) in [6, 6.07) is 1.69. The number of cyclic esters (lactones) is 4. The van der Waals surface area contributed by atoms with Gasteiger partial charge in [0.05, 0.1) is 0 Å². The van der Waals surface area contributed by atoms with Gasteiger partial charge in [0, 0.05) is 34.6 Å². The van der Waals surface area contributed by atoms with Crippen molar-refractivity contribution < 1.29 is 57.3 Å². The topological polar surface area (TPSA) is 186 Å². The molecule has 2 radical (unpaired) electrons. The first-order chi connectivity index (χ1) is 29.2. The number of amides is 4. The van der Waals surface area contributed by atoms with E-state index in [0.29, 0.717) is 11.0 Å². The molecule has 0 bridgehead atoms. The van der Waals surface area contributed by atoms with E-state index >= 15 is 0 Å². The highest BCUT2D eigenvalue weighted by Crippen LogP contribution is 2.23. The van der Waals surface area contributed by atoms with Gasteiger partial charge in [0.25, 0.3) is 23.6 Å². The number of rotatable bonds is 10. The minimum Gasteiger partial charge on any atom is -0.451 e. The van der Waals surface area contributed by atoms with Crippen LogP contribution in [0.15, 0.2) is 24.3 Å². The Morgan fingerprint density at radius 3 is 0.968 bits per heavy atom. The molecule has 0 aliphatic carbocycles. The number of carbonyl (C=O) groups excluding carboxylic acids is 8. The first-order valence-corrected chi connectivity index (χ1v) is 21.9. The molecular weight excluding hydrogens is 811 g/mol. The molecule has 350 valence electrons. The van der Waals surface area contributed by atoms with E-state index in [-0.39, 0.29) is 55.8 Å². The lowest BCUT2D eigenvalue weighted by atomic mass is 9.94. The highest BCUT2D eigenvalue weighted by atomic mass is 16.6. The van der Waals surface area contributed by atoms with Crippen LogP contribution in [0.25, 0.3) is 0 Å². The summed E-state index contributed by atoms with van der Waals surface area (Å²) in [5.74, 6) is -7.17. The predicted molar refractivity (Wildman–Crippen MR) is 236 cm³/mol. The van der Waals surface area contributed by atoms with Crippen LogP contribution in [-0.4, -0.2) is 152 Å². The van der Waals surface area contributed by atoms with Crippen LogP contribution in [0.5, 0.6) is 0 Å². The Bertz CT molecular complexity index is 1750. The average molecular weight is 883 g/mol. The van der Waals surface area contributed by atoms with E-state index in [9.17, 15) is 38.4 Å². The largest absolute Gasteiger partial charge is 0.451 e. The lowest BCUT2D eigenvalue weighted by Crippen LogP contribution is -2.54. The lowest BCUT2D eigenvalue weighted by Gasteiger charge is -2.35. The third-order valence-electron chi connectivity index (χ3n) is 11.0. The predicted octanol–water partition coefficient (Wildman–Crippen LogP) is 3.24. The monoisotopic (exact) mass is 883 g/mol. The van der Waals surface area contributed by atoms with Gasteiger partial charge in [-0.3, -0.25) is 19.2 Å². The van der Waals surface area contributed by atoms with E-state index in [1.54, 1.807) is 24.3 Å². The Kier molecular flexibility index (Phi) is 20.8. The van der Waals surface area contributed by atoms with Crippen LogP contribution in [0, 0.1) is 23.7 Å². The molecule has 4 amide bonds. The molecule has 16 nitrogen and oxygen atoms in total. The Hall–Kier alpha value is -4.96. The summed E-state index contributed by atoms with van der Waals surface area (Å²) in [5, 5.41) is 0. The highest BCUT2D eigenvalue weighted by molar-refractivity contribution is 6.32. The van der Waals surface area contributed by atoms with Gasteiger partial charge in [-0.2, -0.15) is 0 Å². The van der Waals surface area contributed by atoms with Crippen LogP contribution < -0.4 is 5.46 Å². The number of esters is 4. The van der Waals surface area contributed by atoms with Gasteiger partial charge in [-0.15, -0.1) is 0 Å². The Morgan fingerprint density at radius 2 is 0.698 bits per heavy atom. The van der Waals surface area contributed by atoms with E-state index in [2.05, 4.69) is 0 Å². The second-order valence-corrected chi connectivity index (χ2v) is 18.5. The molecule has 63 heavy (non-hydrogen) atoms. The van der Waals surface area contributed by atoms with Gasteiger partial charge >= 0.3 is 23.9 Å². The number of likely N-dealkylation sites (N-methyl/N-ethyl adjacent to an activating group) is 4. The molecule has 0 N–H and O–H groups in total. The number of nitrogens with zero attached hydrogens (tertiary/aromatic N) is 4. The zero-order chi connectivity index (χ0) is 48.2. The van der Waals surface area contributed by atoms with Crippen molar-refractivity contribution >= 4 is 60.8 Å². The van der Waals surface area contributed by atoms with Crippen molar-refractivity contribution in [2.45, 2.75) is 157 Å². The summed E-state index contributed by atoms with van der Waals surface area (Å²) < 4.78 is 23.1. The molecule has 1 saturated heterocycles. The van der Waals surface area contributed by atoms with Gasteiger partial charge in [-0.05, 0) is 75.7 Å². The summed E-state index contributed by atoms with van der Waals surface area (Å²) in [6.45, 7) is 18.7. The molecule has 0 aromatic heterocycles. The van der Waals surface area contributed by atoms with Gasteiger partial charge in [0.2, 0.25) is 0 Å². The Labute approximate surface area is 375 Å².